The van der Waals surface area contributed by atoms with Crippen molar-refractivity contribution in [1.82, 2.24) is 5.32 Å². The summed E-state index contributed by atoms with van der Waals surface area (Å²) in [5, 5.41) is 5.41. The molecule has 0 radical (unpaired) electrons. The van der Waals surface area contributed by atoms with Crippen LogP contribution < -0.4 is 15.4 Å². The van der Waals surface area contributed by atoms with Gasteiger partial charge in [-0.15, -0.1) is 0 Å². The molecule has 24 heavy (non-hydrogen) atoms. The van der Waals surface area contributed by atoms with E-state index in [-0.39, 0.29) is 11.8 Å². The summed E-state index contributed by atoms with van der Waals surface area (Å²) in [7, 11) is 0. The van der Waals surface area contributed by atoms with Crippen molar-refractivity contribution in [2.45, 2.75) is 32.9 Å². The molecule has 0 fully saturated rings. The van der Waals surface area contributed by atoms with Crippen LogP contribution in [0, 0.1) is 0 Å². The summed E-state index contributed by atoms with van der Waals surface area (Å²) >= 11 is 0. The number of amides is 2. The van der Waals surface area contributed by atoms with Gasteiger partial charge in [0.15, 0.2) is 0 Å². The summed E-state index contributed by atoms with van der Waals surface area (Å²) in [6.45, 7) is 1.05. The summed E-state index contributed by atoms with van der Waals surface area (Å²) < 4.78 is 28.7. The third kappa shape index (κ3) is 5.22. The van der Waals surface area contributed by atoms with E-state index in [2.05, 4.69) is 22.3 Å². The second-order valence-electron chi connectivity index (χ2n) is 5.32. The lowest BCUT2D eigenvalue weighted by molar-refractivity contribution is -0.0497. The molecule has 2 amide bonds. The normalized spacial score (nSPS) is 11.9. The molecule has 0 aliphatic carbocycles. The number of hydrogen-bond acceptors (Lipinski definition) is 2. The molecule has 0 saturated carbocycles. The van der Waals surface area contributed by atoms with Crippen LogP contribution in [-0.2, 0) is 6.42 Å². The van der Waals surface area contributed by atoms with Crippen molar-refractivity contribution in [3.05, 3.63) is 59.7 Å². The van der Waals surface area contributed by atoms with Gasteiger partial charge in [-0.2, -0.15) is 8.78 Å². The number of carbonyl (C=O) groups excluding carboxylic acids is 1. The van der Waals surface area contributed by atoms with Gasteiger partial charge in [-0.05, 0) is 36.6 Å². The Bertz CT molecular complexity index is 675. The molecule has 2 aromatic rings. The second-order valence-corrected chi connectivity index (χ2v) is 5.32. The number of benzene rings is 2. The first kappa shape index (κ1) is 17.7. The summed E-state index contributed by atoms with van der Waals surface area (Å²) in [6, 6.07) is 13.3. The third-order valence-corrected chi connectivity index (χ3v) is 3.55. The smallest absolute Gasteiger partial charge is 0.387 e. The zero-order valence-corrected chi connectivity index (χ0v) is 13.6. The number of aryl methyl sites for hydroxylation is 1. The van der Waals surface area contributed by atoms with Crippen molar-refractivity contribution in [2.75, 3.05) is 5.32 Å². The topological polar surface area (TPSA) is 50.4 Å². The standard InChI is InChI=1S/C18H20F2N2O2/c1-3-13-7-9-14(10-8-13)12(2)21-18(23)22-15-5-4-6-16(11-15)24-17(19)20/h4-12,17H,3H2,1-2H3,(H2,21,22,23). The Labute approximate surface area is 139 Å². The average molecular weight is 334 g/mol. The van der Waals surface area contributed by atoms with Crippen LogP contribution in [0.15, 0.2) is 48.5 Å². The van der Waals surface area contributed by atoms with E-state index >= 15 is 0 Å². The summed E-state index contributed by atoms with van der Waals surface area (Å²) in [4.78, 5) is 12.0. The molecule has 0 spiro atoms. The number of rotatable bonds is 6. The number of alkyl halides is 2. The van der Waals surface area contributed by atoms with Crippen molar-refractivity contribution in [3.8, 4) is 5.75 Å². The van der Waals surface area contributed by atoms with E-state index < -0.39 is 12.6 Å². The molecule has 2 rings (SSSR count). The Morgan fingerprint density at radius 2 is 1.88 bits per heavy atom. The van der Waals surface area contributed by atoms with E-state index in [0.29, 0.717) is 5.69 Å². The van der Waals surface area contributed by atoms with Gasteiger partial charge in [0, 0.05) is 11.8 Å². The van der Waals surface area contributed by atoms with E-state index in [9.17, 15) is 13.6 Å². The molecular weight excluding hydrogens is 314 g/mol. The van der Waals surface area contributed by atoms with Gasteiger partial charge in [0.1, 0.15) is 5.75 Å². The Hall–Kier alpha value is -2.63. The van der Waals surface area contributed by atoms with Gasteiger partial charge < -0.3 is 15.4 Å². The van der Waals surface area contributed by atoms with Crippen LogP contribution in [0.25, 0.3) is 0 Å². The Morgan fingerprint density at radius 1 is 1.17 bits per heavy atom. The van der Waals surface area contributed by atoms with Crippen molar-refractivity contribution >= 4 is 11.7 Å². The number of hydrogen-bond donors (Lipinski definition) is 2. The maximum absolute atomic E-state index is 12.2. The maximum atomic E-state index is 12.2. The zero-order chi connectivity index (χ0) is 17.5. The number of carbonyl (C=O) groups is 1. The molecule has 6 heteroatoms. The van der Waals surface area contributed by atoms with E-state index in [0.717, 1.165) is 12.0 Å². The second kappa shape index (κ2) is 8.29. The van der Waals surface area contributed by atoms with Crippen LogP contribution in [0.2, 0.25) is 0 Å². The zero-order valence-electron chi connectivity index (χ0n) is 13.6. The average Bonchev–Trinajstić information content (AvgIpc) is 2.54. The van der Waals surface area contributed by atoms with Gasteiger partial charge in [-0.1, -0.05) is 37.3 Å². The molecule has 0 saturated heterocycles. The molecule has 0 aromatic heterocycles. The molecule has 0 aliphatic heterocycles. The minimum Gasteiger partial charge on any atom is -0.435 e. The Balaban J connectivity index is 1.94. The number of anilines is 1. The summed E-state index contributed by atoms with van der Waals surface area (Å²) in [5.41, 5.74) is 2.59. The summed E-state index contributed by atoms with van der Waals surface area (Å²) in [6.07, 6.45) is 0.958. The highest BCUT2D eigenvalue weighted by molar-refractivity contribution is 5.89. The van der Waals surface area contributed by atoms with Gasteiger partial charge in [-0.25, -0.2) is 4.79 Å². The molecule has 128 valence electrons. The lowest BCUT2D eigenvalue weighted by atomic mass is 10.1. The number of ether oxygens (including phenoxy) is 1. The van der Waals surface area contributed by atoms with Gasteiger partial charge in [0.2, 0.25) is 0 Å². The molecule has 0 aliphatic rings. The number of urea groups is 1. The highest BCUT2D eigenvalue weighted by Gasteiger charge is 2.10. The van der Waals surface area contributed by atoms with Gasteiger partial charge >= 0.3 is 12.6 Å². The molecule has 0 heterocycles. The maximum Gasteiger partial charge on any atom is 0.387 e. The fourth-order valence-electron chi connectivity index (χ4n) is 2.24. The highest BCUT2D eigenvalue weighted by atomic mass is 19.3. The van der Waals surface area contributed by atoms with Crippen LogP contribution in [0.4, 0.5) is 19.3 Å². The van der Waals surface area contributed by atoms with E-state index in [1.165, 1.54) is 23.8 Å². The molecule has 2 N–H and O–H groups in total. The first-order valence-electron chi connectivity index (χ1n) is 7.69. The van der Waals surface area contributed by atoms with Crippen LogP contribution in [0.3, 0.4) is 0 Å². The van der Waals surface area contributed by atoms with Crippen LogP contribution in [0.5, 0.6) is 5.75 Å². The lowest BCUT2D eigenvalue weighted by Crippen LogP contribution is -2.31. The molecule has 4 nitrogen and oxygen atoms in total. The lowest BCUT2D eigenvalue weighted by Gasteiger charge is -2.16. The quantitative estimate of drug-likeness (QED) is 0.802. The van der Waals surface area contributed by atoms with Crippen LogP contribution in [0.1, 0.15) is 31.0 Å². The predicted molar refractivity (Wildman–Crippen MR) is 89.5 cm³/mol. The van der Waals surface area contributed by atoms with Crippen molar-refractivity contribution in [2.24, 2.45) is 0 Å². The van der Waals surface area contributed by atoms with E-state index in [1.54, 1.807) is 6.07 Å². The number of nitrogens with one attached hydrogen (secondary N) is 2. The SMILES string of the molecule is CCc1ccc(C(C)NC(=O)Nc2cccc(OC(F)F)c2)cc1. The predicted octanol–water partition coefficient (Wildman–Crippen LogP) is 4.73. The van der Waals surface area contributed by atoms with Crippen molar-refractivity contribution < 1.29 is 18.3 Å². The van der Waals surface area contributed by atoms with Gasteiger partial charge in [-0.3, -0.25) is 0 Å². The van der Waals surface area contributed by atoms with Crippen LogP contribution >= 0.6 is 0 Å². The summed E-state index contributed by atoms with van der Waals surface area (Å²) in [5.74, 6) is -0.00833. The highest BCUT2D eigenvalue weighted by Crippen LogP contribution is 2.20. The van der Waals surface area contributed by atoms with Crippen LogP contribution in [-0.4, -0.2) is 12.6 Å². The van der Waals surface area contributed by atoms with Crippen molar-refractivity contribution in [1.29, 1.82) is 0 Å². The molecule has 1 unspecified atom stereocenters. The van der Waals surface area contributed by atoms with E-state index in [4.69, 9.17) is 0 Å². The molecule has 1 atom stereocenters. The van der Waals surface area contributed by atoms with Gasteiger partial charge in [0.25, 0.3) is 0 Å². The molecular formula is C18H20F2N2O2. The fraction of sp³-hybridized carbons (Fsp3) is 0.278. The fourth-order valence-corrected chi connectivity index (χ4v) is 2.24. The van der Waals surface area contributed by atoms with Gasteiger partial charge in [0.05, 0.1) is 6.04 Å². The largest absolute Gasteiger partial charge is 0.435 e. The van der Waals surface area contributed by atoms with E-state index in [1.807, 2.05) is 31.2 Å². The molecule has 0 bridgehead atoms. The first-order valence-corrected chi connectivity index (χ1v) is 7.69. The number of halogens is 2. The van der Waals surface area contributed by atoms with Crippen molar-refractivity contribution in [3.63, 3.8) is 0 Å². The third-order valence-electron chi connectivity index (χ3n) is 3.55. The Kier molecular flexibility index (Phi) is 6.12. The molecule has 2 aromatic carbocycles. The minimum atomic E-state index is -2.90. The monoisotopic (exact) mass is 334 g/mol. The Morgan fingerprint density at radius 3 is 2.50 bits per heavy atom. The minimum absolute atomic E-state index is 0.00833. The first-order chi connectivity index (χ1) is 11.5.